The zero-order chi connectivity index (χ0) is 19.3. The number of nitrogens with zero attached hydrogens (tertiary/aromatic N) is 2. The number of pyridine rings is 1. The molecule has 3 aromatic carbocycles. The highest BCUT2D eigenvalue weighted by atomic mass is 16.3. The fourth-order valence-corrected chi connectivity index (χ4v) is 2.95. The fourth-order valence-electron chi connectivity index (χ4n) is 2.95. The van der Waals surface area contributed by atoms with Crippen molar-refractivity contribution >= 4 is 22.4 Å². The van der Waals surface area contributed by atoms with Gasteiger partial charge in [0.15, 0.2) is 0 Å². The predicted octanol–water partition coefficient (Wildman–Crippen LogP) is 4.12. The normalized spacial score (nSPS) is 11.4. The molecule has 0 radical (unpaired) electrons. The Morgan fingerprint density at radius 2 is 1.54 bits per heavy atom. The van der Waals surface area contributed by atoms with Crippen molar-refractivity contribution in [1.29, 1.82) is 0 Å². The molecule has 0 saturated carbocycles. The van der Waals surface area contributed by atoms with Crippen molar-refractivity contribution in [3.8, 4) is 5.75 Å². The summed E-state index contributed by atoms with van der Waals surface area (Å²) in [6.45, 7) is 0. The van der Waals surface area contributed by atoms with E-state index in [1.54, 1.807) is 18.3 Å². The molecule has 1 aromatic heterocycles. The Kier molecular flexibility index (Phi) is 4.80. The van der Waals surface area contributed by atoms with Crippen molar-refractivity contribution in [2.75, 3.05) is 0 Å². The van der Waals surface area contributed by atoms with E-state index in [1.165, 1.54) is 0 Å². The molecule has 0 aliphatic carbocycles. The summed E-state index contributed by atoms with van der Waals surface area (Å²) in [6, 6.07) is 25.7. The van der Waals surface area contributed by atoms with Crippen LogP contribution in [0.4, 0.5) is 0 Å². The lowest BCUT2D eigenvalue weighted by atomic mass is 10.1. The zero-order valence-corrected chi connectivity index (χ0v) is 14.9. The summed E-state index contributed by atoms with van der Waals surface area (Å²) in [7, 11) is 0. The zero-order valence-electron chi connectivity index (χ0n) is 14.9. The minimum Gasteiger partial charge on any atom is -0.507 e. The summed E-state index contributed by atoms with van der Waals surface area (Å²) < 4.78 is 0. The van der Waals surface area contributed by atoms with Gasteiger partial charge in [0, 0.05) is 11.8 Å². The van der Waals surface area contributed by atoms with Crippen LogP contribution in [0, 0.1) is 0 Å². The second kappa shape index (κ2) is 7.72. The minimum atomic E-state index is -0.493. The van der Waals surface area contributed by atoms with Crippen molar-refractivity contribution in [2.45, 2.75) is 0 Å². The van der Waals surface area contributed by atoms with Gasteiger partial charge >= 0.3 is 0 Å². The molecule has 0 spiro atoms. The SMILES string of the molecule is O=C(N/N=C(/c1ccccc1)c1ccccn1)c1cc2ccccc2cc1O. The smallest absolute Gasteiger partial charge is 0.275 e. The molecular formula is C23H17N3O2. The summed E-state index contributed by atoms with van der Waals surface area (Å²) in [4.78, 5) is 17.0. The molecule has 28 heavy (non-hydrogen) atoms. The highest BCUT2D eigenvalue weighted by molar-refractivity contribution is 6.12. The van der Waals surface area contributed by atoms with Gasteiger partial charge in [-0.1, -0.05) is 60.7 Å². The summed E-state index contributed by atoms with van der Waals surface area (Å²) in [5.41, 5.74) is 4.71. The van der Waals surface area contributed by atoms with Crippen LogP contribution in [0.25, 0.3) is 10.8 Å². The fraction of sp³-hybridized carbons (Fsp3) is 0. The van der Waals surface area contributed by atoms with E-state index in [0.29, 0.717) is 11.4 Å². The molecule has 0 unspecified atom stereocenters. The van der Waals surface area contributed by atoms with E-state index in [0.717, 1.165) is 16.3 Å². The number of aromatic nitrogens is 1. The number of nitrogens with one attached hydrogen (secondary N) is 1. The van der Waals surface area contributed by atoms with Crippen LogP contribution in [0.3, 0.4) is 0 Å². The predicted molar refractivity (Wildman–Crippen MR) is 109 cm³/mol. The van der Waals surface area contributed by atoms with Gasteiger partial charge in [-0.2, -0.15) is 5.10 Å². The summed E-state index contributed by atoms with van der Waals surface area (Å²) in [5.74, 6) is -0.585. The average molecular weight is 367 g/mol. The maximum absolute atomic E-state index is 12.7. The van der Waals surface area contributed by atoms with Crippen LogP contribution >= 0.6 is 0 Å². The number of hydrogen-bond donors (Lipinski definition) is 2. The van der Waals surface area contributed by atoms with Gasteiger partial charge in [-0.15, -0.1) is 0 Å². The molecule has 0 fully saturated rings. The second-order valence-corrected chi connectivity index (χ2v) is 6.20. The van der Waals surface area contributed by atoms with Gasteiger partial charge in [0.05, 0.1) is 11.3 Å². The largest absolute Gasteiger partial charge is 0.507 e. The van der Waals surface area contributed by atoms with Crippen LogP contribution in [0.5, 0.6) is 5.75 Å². The maximum Gasteiger partial charge on any atom is 0.275 e. The number of benzene rings is 3. The van der Waals surface area contributed by atoms with Crippen LogP contribution < -0.4 is 5.43 Å². The van der Waals surface area contributed by atoms with E-state index in [1.807, 2.05) is 72.8 Å². The first-order valence-electron chi connectivity index (χ1n) is 8.79. The van der Waals surface area contributed by atoms with Gasteiger partial charge in [0.25, 0.3) is 5.91 Å². The van der Waals surface area contributed by atoms with Crippen LogP contribution in [0.1, 0.15) is 21.6 Å². The van der Waals surface area contributed by atoms with Gasteiger partial charge < -0.3 is 5.11 Å². The van der Waals surface area contributed by atoms with Crippen molar-refractivity contribution in [3.05, 3.63) is 108 Å². The molecule has 0 bridgehead atoms. The molecule has 0 aliphatic rings. The van der Waals surface area contributed by atoms with E-state index in [4.69, 9.17) is 0 Å². The number of amides is 1. The number of fused-ring (bicyclic) bond motifs is 1. The Morgan fingerprint density at radius 1 is 0.857 bits per heavy atom. The quantitative estimate of drug-likeness (QED) is 0.421. The lowest BCUT2D eigenvalue weighted by Gasteiger charge is -2.09. The number of hydrazone groups is 1. The number of rotatable bonds is 4. The van der Waals surface area contributed by atoms with Crippen molar-refractivity contribution in [2.24, 2.45) is 5.10 Å². The monoisotopic (exact) mass is 367 g/mol. The lowest BCUT2D eigenvalue weighted by Crippen LogP contribution is -2.21. The molecule has 1 heterocycles. The number of carbonyl (C=O) groups excluding carboxylic acids is 1. The van der Waals surface area contributed by atoms with E-state index in [9.17, 15) is 9.90 Å². The minimum absolute atomic E-state index is 0.0921. The standard InChI is InChI=1S/C23H17N3O2/c27-21-15-18-11-5-4-10-17(18)14-19(21)23(28)26-25-22(16-8-2-1-3-9-16)20-12-6-7-13-24-20/h1-15,27H,(H,26,28)/b25-22-. The highest BCUT2D eigenvalue weighted by Crippen LogP contribution is 2.24. The molecule has 4 rings (SSSR count). The molecule has 136 valence electrons. The first-order valence-corrected chi connectivity index (χ1v) is 8.79. The third-order valence-electron chi connectivity index (χ3n) is 4.33. The topological polar surface area (TPSA) is 74.6 Å². The van der Waals surface area contributed by atoms with Crippen LogP contribution in [-0.2, 0) is 0 Å². The number of phenolic OH excluding ortho intramolecular Hbond substituents is 1. The van der Waals surface area contributed by atoms with E-state index in [2.05, 4.69) is 15.5 Å². The molecule has 0 atom stereocenters. The van der Waals surface area contributed by atoms with Crippen LogP contribution in [0.15, 0.2) is 96.2 Å². The van der Waals surface area contributed by atoms with E-state index < -0.39 is 5.91 Å². The number of aromatic hydroxyl groups is 1. The number of carbonyl (C=O) groups is 1. The summed E-state index contributed by atoms with van der Waals surface area (Å²) in [5, 5.41) is 16.3. The van der Waals surface area contributed by atoms with Crippen molar-refractivity contribution in [1.82, 2.24) is 10.4 Å². The highest BCUT2D eigenvalue weighted by Gasteiger charge is 2.14. The van der Waals surface area contributed by atoms with E-state index in [-0.39, 0.29) is 11.3 Å². The molecular weight excluding hydrogens is 350 g/mol. The Labute approximate surface area is 162 Å². The average Bonchev–Trinajstić information content (AvgIpc) is 2.75. The van der Waals surface area contributed by atoms with E-state index >= 15 is 0 Å². The van der Waals surface area contributed by atoms with Crippen LogP contribution in [-0.4, -0.2) is 21.7 Å². The lowest BCUT2D eigenvalue weighted by molar-refractivity contribution is 0.0952. The molecule has 5 nitrogen and oxygen atoms in total. The van der Waals surface area contributed by atoms with Gasteiger partial charge in [0.1, 0.15) is 11.5 Å². The van der Waals surface area contributed by atoms with Gasteiger partial charge in [0.2, 0.25) is 0 Å². The van der Waals surface area contributed by atoms with Gasteiger partial charge in [-0.05, 0) is 35.0 Å². The van der Waals surface area contributed by atoms with Crippen LogP contribution in [0.2, 0.25) is 0 Å². The maximum atomic E-state index is 12.7. The summed E-state index contributed by atoms with van der Waals surface area (Å²) in [6.07, 6.45) is 1.67. The van der Waals surface area contributed by atoms with Crippen molar-refractivity contribution in [3.63, 3.8) is 0 Å². The molecule has 1 amide bonds. The number of hydrogen-bond acceptors (Lipinski definition) is 4. The van der Waals surface area contributed by atoms with Gasteiger partial charge in [-0.25, -0.2) is 5.43 Å². The Morgan fingerprint density at radius 3 is 2.25 bits per heavy atom. The summed E-state index contributed by atoms with van der Waals surface area (Å²) >= 11 is 0. The molecule has 0 aliphatic heterocycles. The van der Waals surface area contributed by atoms with Gasteiger partial charge in [-0.3, -0.25) is 9.78 Å². The second-order valence-electron chi connectivity index (χ2n) is 6.20. The molecule has 0 saturated heterocycles. The first kappa shape index (κ1) is 17.4. The number of phenols is 1. The third kappa shape index (κ3) is 3.59. The third-order valence-corrected chi connectivity index (χ3v) is 4.33. The molecule has 2 N–H and O–H groups in total. The first-order chi connectivity index (χ1) is 13.7. The Bertz CT molecular complexity index is 1110. The Balaban J connectivity index is 1.69. The Hall–Kier alpha value is -3.99. The molecule has 4 aromatic rings. The molecule has 5 heteroatoms. The van der Waals surface area contributed by atoms with Crippen molar-refractivity contribution < 1.29 is 9.90 Å².